The third-order valence-corrected chi connectivity index (χ3v) is 3.81. The number of nitrogens with zero attached hydrogens (tertiary/aromatic N) is 1. The quantitative estimate of drug-likeness (QED) is 0.550. The molecule has 0 aromatic rings. The van der Waals surface area contributed by atoms with E-state index in [1.165, 1.54) is 25.7 Å². The molecule has 1 saturated carbocycles. The Morgan fingerprint density at radius 2 is 1.94 bits per heavy atom. The summed E-state index contributed by atoms with van der Waals surface area (Å²) in [5.74, 6) is 0.471. The Morgan fingerprint density at radius 3 is 2.65 bits per heavy atom. The molecule has 0 aromatic carbocycles. The first-order valence-corrected chi connectivity index (χ1v) is 7.26. The van der Waals surface area contributed by atoms with Crippen LogP contribution in [0.1, 0.15) is 46.0 Å². The van der Waals surface area contributed by atoms with Crippen LogP contribution in [0.15, 0.2) is 0 Å². The smallest absolute Gasteiger partial charge is 0.0593 e. The predicted molar refractivity (Wildman–Crippen MR) is 71.2 cm³/mol. The van der Waals surface area contributed by atoms with Gasteiger partial charge in [0.2, 0.25) is 0 Å². The van der Waals surface area contributed by atoms with Crippen molar-refractivity contribution in [3.8, 4) is 0 Å². The maximum atomic E-state index is 10.1. The molecule has 1 N–H and O–H groups in total. The van der Waals surface area contributed by atoms with Gasteiger partial charge in [0, 0.05) is 19.7 Å². The van der Waals surface area contributed by atoms with Crippen molar-refractivity contribution in [2.75, 3.05) is 32.8 Å². The van der Waals surface area contributed by atoms with Gasteiger partial charge in [0.1, 0.15) is 0 Å². The van der Waals surface area contributed by atoms with Crippen molar-refractivity contribution < 1.29 is 9.84 Å². The van der Waals surface area contributed by atoms with E-state index in [9.17, 15) is 5.11 Å². The zero-order valence-corrected chi connectivity index (χ0v) is 11.5. The van der Waals surface area contributed by atoms with E-state index in [0.717, 1.165) is 39.3 Å². The second-order valence-electron chi connectivity index (χ2n) is 5.06. The Bertz CT molecular complexity index is 187. The Hall–Kier alpha value is -0.120. The van der Waals surface area contributed by atoms with Crippen LogP contribution in [0.2, 0.25) is 0 Å². The van der Waals surface area contributed by atoms with E-state index in [4.69, 9.17) is 4.74 Å². The van der Waals surface area contributed by atoms with Crippen molar-refractivity contribution in [3.63, 3.8) is 0 Å². The van der Waals surface area contributed by atoms with E-state index in [2.05, 4.69) is 11.8 Å². The average Bonchev–Trinajstić information content (AvgIpc) is 2.53. The van der Waals surface area contributed by atoms with Crippen molar-refractivity contribution in [1.29, 1.82) is 0 Å². The number of likely N-dealkylation sites (N-methyl/N-ethyl adjacent to an activating group) is 1. The largest absolute Gasteiger partial charge is 0.393 e. The van der Waals surface area contributed by atoms with Crippen LogP contribution < -0.4 is 0 Å². The first kappa shape index (κ1) is 14.9. The summed E-state index contributed by atoms with van der Waals surface area (Å²) in [6.45, 7) is 8.91. The van der Waals surface area contributed by atoms with Crippen LogP contribution in [-0.2, 0) is 4.74 Å². The van der Waals surface area contributed by atoms with Crippen LogP contribution in [0.3, 0.4) is 0 Å². The van der Waals surface area contributed by atoms with Crippen LogP contribution in [0.4, 0.5) is 0 Å². The molecule has 0 aliphatic heterocycles. The molecule has 1 fully saturated rings. The molecule has 0 heterocycles. The van der Waals surface area contributed by atoms with E-state index < -0.39 is 0 Å². The number of hydrogen-bond donors (Lipinski definition) is 1. The summed E-state index contributed by atoms with van der Waals surface area (Å²) in [5.41, 5.74) is 0. The molecule has 102 valence electrons. The Balaban J connectivity index is 2.31. The van der Waals surface area contributed by atoms with Crippen LogP contribution in [-0.4, -0.2) is 49.0 Å². The lowest BCUT2D eigenvalue weighted by atomic mass is 9.96. The number of rotatable bonds is 7. The summed E-state index contributed by atoms with van der Waals surface area (Å²) >= 11 is 0. The number of ether oxygens (including phenoxy) is 1. The Labute approximate surface area is 106 Å². The fourth-order valence-electron chi connectivity index (χ4n) is 2.63. The summed E-state index contributed by atoms with van der Waals surface area (Å²) in [6.07, 6.45) is 5.87. The van der Waals surface area contributed by atoms with Crippen molar-refractivity contribution in [3.05, 3.63) is 0 Å². The normalized spacial score (nSPS) is 26.1. The molecule has 0 saturated heterocycles. The van der Waals surface area contributed by atoms with Crippen molar-refractivity contribution in [2.45, 2.75) is 52.1 Å². The van der Waals surface area contributed by atoms with E-state index in [0.29, 0.717) is 5.92 Å². The topological polar surface area (TPSA) is 32.7 Å². The minimum Gasteiger partial charge on any atom is -0.393 e. The summed E-state index contributed by atoms with van der Waals surface area (Å²) in [7, 11) is 0. The van der Waals surface area contributed by atoms with E-state index in [1.54, 1.807) is 0 Å². The summed E-state index contributed by atoms with van der Waals surface area (Å²) in [5, 5.41) is 10.1. The molecule has 0 bridgehead atoms. The van der Waals surface area contributed by atoms with Crippen LogP contribution in [0, 0.1) is 5.92 Å². The van der Waals surface area contributed by atoms with Gasteiger partial charge in [-0.25, -0.2) is 0 Å². The minimum atomic E-state index is -0.0846. The summed E-state index contributed by atoms with van der Waals surface area (Å²) in [6, 6.07) is 0. The molecule has 2 unspecified atom stereocenters. The van der Waals surface area contributed by atoms with Gasteiger partial charge in [-0.15, -0.1) is 0 Å². The van der Waals surface area contributed by atoms with Crippen LogP contribution >= 0.6 is 0 Å². The highest BCUT2D eigenvalue weighted by Crippen LogP contribution is 2.24. The van der Waals surface area contributed by atoms with E-state index >= 15 is 0 Å². The predicted octanol–water partition coefficient (Wildman–Crippen LogP) is 2.29. The monoisotopic (exact) mass is 243 g/mol. The second kappa shape index (κ2) is 8.90. The first-order valence-electron chi connectivity index (χ1n) is 7.26. The standard InChI is InChI=1S/C14H29NO2/c1-3-15(10-11-17-4-2)12-13-8-6-5-7-9-14(13)16/h13-14,16H,3-12H2,1-2H3. The van der Waals surface area contributed by atoms with Gasteiger partial charge in [0.25, 0.3) is 0 Å². The molecule has 0 spiro atoms. The lowest BCUT2D eigenvalue weighted by molar-refractivity contribution is 0.0601. The molecule has 3 heteroatoms. The van der Waals surface area contributed by atoms with Gasteiger partial charge in [-0.3, -0.25) is 0 Å². The number of aliphatic hydroxyl groups excluding tert-OH is 1. The SMILES string of the molecule is CCOCCN(CC)CC1CCCCCC1O. The van der Waals surface area contributed by atoms with Gasteiger partial charge < -0.3 is 14.7 Å². The molecule has 0 amide bonds. The summed E-state index contributed by atoms with van der Waals surface area (Å²) < 4.78 is 5.40. The van der Waals surface area contributed by atoms with Crippen LogP contribution in [0.25, 0.3) is 0 Å². The fourth-order valence-corrected chi connectivity index (χ4v) is 2.63. The van der Waals surface area contributed by atoms with Gasteiger partial charge in [-0.1, -0.05) is 26.2 Å². The van der Waals surface area contributed by atoms with Gasteiger partial charge in [0.05, 0.1) is 12.7 Å². The molecule has 1 aliphatic rings. The van der Waals surface area contributed by atoms with Gasteiger partial charge in [-0.2, -0.15) is 0 Å². The lowest BCUT2D eigenvalue weighted by Crippen LogP contribution is -2.36. The Kier molecular flexibility index (Phi) is 7.82. The maximum Gasteiger partial charge on any atom is 0.0593 e. The molecular weight excluding hydrogens is 214 g/mol. The summed E-state index contributed by atoms with van der Waals surface area (Å²) in [4.78, 5) is 2.41. The first-order chi connectivity index (χ1) is 8.27. The van der Waals surface area contributed by atoms with Gasteiger partial charge in [0.15, 0.2) is 0 Å². The average molecular weight is 243 g/mol. The van der Waals surface area contributed by atoms with Gasteiger partial charge >= 0.3 is 0 Å². The Morgan fingerprint density at radius 1 is 1.18 bits per heavy atom. The molecule has 1 aliphatic carbocycles. The van der Waals surface area contributed by atoms with Crippen LogP contribution in [0.5, 0.6) is 0 Å². The zero-order chi connectivity index (χ0) is 12.5. The fraction of sp³-hybridized carbons (Fsp3) is 1.00. The highest BCUT2D eigenvalue weighted by Gasteiger charge is 2.23. The van der Waals surface area contributed by atoms with Crippen molar-refractivity contribution in [1.82, 2.24) is 4.90 Å². The number of aliphatic hydroxyl groups is 1. The van der Waals surface area contributed by atoms with Crippen molar-refractivity contribution in [2.24, 2.45) is 5.92 Å². The highest BCUT2D eigenvalue weighted by molar-refractivity contribution is 4.76. The molecule has 0 radical (unpaired) electrons. The minimum absolute atomic E-state index is 0.0846. The number of hydrogen-bond acceptors (Lipinski definition) is 3. The molecular formula is C14H29NO2. The molecule has 3 nitrogen and oxygen atoms in total. The molecule has 17 heavy (non-hydrogen) atoms. The van der Waals surface area contributed by atoms with Crippen molar-refractivity contribution >= 4 is 0 Å². The molecule has 0 aromatic heterocycles. The molecule has 1 rings (SSSR count). The third kappa shape index (κ3) is 5.84. The zero-order valence-electron chi connectivity index (χ0n) is 11.5. The van der Waals surface area contributed by atoms with Gasteiger partial charge in [-0.05, 0) is 32.2 Å². The maximum absolute atomic E-state index is 10.1. The third-order valence-electron chi connectivity index (χ3n) is 3.81. The van der Waals surface area contributed by atoms with E-state index in [1.807, 2.05) is 6.92 Å². The van der Waals surface area contributed by atoms with E-state index in [-0.39, 0.29) is 6.10 Å². The lowest BCUT2D eigenvalue weighted by Gasteiger charge is -2.28. The second-order valence-corrected chi connectivity index (χ2v) is 5.06. The highest BCUT2D eigenvalue weighted by atomic mass is 16.5. The molecule has 2 atom stereocenters.